The van der Waals surface area contributed by atoms with Crippen molar-refractivity contribution in [2.45, 2.75) is 19.4 Å². The summed E-state index contributed by atoms with van der Waals surface area (Å²) in [5.74, 6) is -0.287. The first-order valence-corrected chi connectivity index (χ1v) is 6.70. The van der Waals surface area contributed by atoms with Crippen molar-refractivity contribution in [3.63, 3.8) is 0 Å². The number of rotatable bonds is 5. The van der Waals surface area contributed by atoms with Gasteiger partial charge < -0.3 is 5.32 Å². The largest absolute Gasteiger partial charge is 0.352 e. The van der Waals surface area contributed by atoms with Crippen LogP contribution in [0.5, 0.6) is 0 Å². The first-order valence-electron chi connectivity index (χ1n) is 5.76. The summed E-state index contributed by atoms with van der Waals surface area (Å²) in [6.07, 6.45) is 1.21. The van der Waals surface area contributed by atoms with E-state index in [-0.39, 0.29) is 11.7 Å². The Morgan fingerprint density at radius 2 is 2.17 bits per heavy atom. The van der Waals surface area contributed by atoms with Crippen molar-refractivity contribution in [3.05, 3.63) is 58.0 Å². The molecule has 1 heterocycles. The van der Waals surface area contributed by atoms with E-state index in [2.05, 4.69) is 5.32 Å². The van der Waals surface area contributed by atoms with Gasteiger partial charge in [0.2, 0.25) is 5.91 Å². The first kappa shape index (κ1) is 12.8. The van der Waals surface area contributed by atoms with E-state index in [1.807, 2.05) is 16.8 Å². The van der Waals surface area contributed by atoms with E-state index in [1.54, 1.807) is 23.5 Å². The van der Waals surface area contributed by atoms with Gasteiger partial charge in [-0.1, -0.05) is 12.1 Å². The smallest absolute Gasteiger partial charge is 0.220 e. The molecule has 1 amide bonds. The van der Waals surface area contributed by atoms with E-state index in [1.165, 1.54) is 17.7 Å². The SMILES string of the molecule is O=C(CCc1ccsc1)NCc1cccc(F)c1. The predicted octanol–water partition coefficient (Wildman–Crippen LogP) is 3.14. The lowest BCUT2D eigenvalue weighted by Crippen LogP contribution is -2.22. The Bertz CT molecular complexity index is 510. The quantitative estimate of drug-likeness (QED) is 0.882. The molecule has 1 aromatic heterocycles. The van der Waals surface area contributed by atoms with E-state index in [9.17, 15) is 9.18 Å². The van der Waals surface area contributed by atoms with Crippen LogP contribution in [0.1, 0.15) is 17.5 Å². The highest BCUT2D eigenvalue weighted by Crippen LogP contribution is 2.08. The molecule has 0 fully saturated rings. The van der Waals surface area contributed by atoms with E-state index in [0.717, 1.165) is 12.0 Å². The average Bonchev–Trinajstić information content (AvgIpc) is 2.87. The summed E-state index contributed by atoms with van der Waals surface area (Å²) >= 11 is 1.63. The zero-order valence-corrected chi connectivity index (χ0v) is 10.7. The second kappa shape index (κ2) is 6.31. The predicted molar refractivity (Wildman–Crippen MR) is 70.9 cm³/mol. The number of halogens is 1. The van der Waals surface area contributed by atoms with Gasteiger partial charge in [0.05, 0.1) is 0 Å². The number of hydrogen-bond donors (Lipinski definition) is 1. The van der Waals surface area contributed by atoms with Gasteiger partial charge in [-0.3, -0.25) is 4.79 Å². The van der Waals surface area contributed by atoms with Crippen molar-refractivity contribution in [2.75, 3.05) is 0 Å². The molecule has 18 heavy (non-hydrogen) atoms. The summed E-state index contributed by atoms with van der Waals surface area (Å²) in [6.45, 7) is 0.375. The molecule has 0 atom stereocenters. The van der Waals surface area contributed by atoms with Crippen LogP contribution in [0, 0.1) is 5.82 Å². The Morgan fingerprint density at radius 3 is 2.89 bits per heavy atom. The van der Waals surface area contributed by atoms with Crippen molar-refractivity contribution in [1.82, 2.24) is 5.32 Å². The third kappa shape index (κ3) is 3.96. The fourth-order valence-corrected chi connectivity index (χ4v) is 2.33. The van der Waals surface area contributed by atoms with E-state index in [4.69, 9.17) is 0 Å². The number of thiophene rings is 1. The van der Waals surface area contributed by atoms with Gasteiger partial charge >= 0.3 is 0 Å². The second-order valence-corrected chi connectivity index (χ2v) is 4.82. The monoisotopic (exact) mass is 263 g/mol. The zero-order chi connectivity index (χ0) is 12.8. The van der Waals surface area contributed by atoms with E-state index in [0.29, 0.717) is 13.0 Å². The van der Waals surface area contributed by atoms with Crippen LogP contribution in [-0.4, -0.2) is 5.91 Å². The van der Waals surface area contributed by atoms with Gasteiger partial charge in [0, 0.05) is 13.0 Å². The molecule has 4 heteroatoms. The minimum absolute atomic E-state index is 0.00883. The van der Waals surface area contributed by atoms with Crippen molar-refractivity contribution in [2.24, 2.45) is 0 Å². The summed E-state index contributed by atoms with van der Waals surface area (Å²) in [7, 11) is 0. The van der Waals surface area contributed by atoms with E-state index >= 15 is 0 Å². The number of benzene rings is 1. The van der Waals surface area contributed by atoms with Crippen molar-refractivity contribution in [3.8, 4) is 0 Å². The lowest BCUT2D eigenvalue weighted by Gasteiger charge is -2.05. The molecule has 1 N–H and O–H groups in total. The summed E-state index contributed by atoms with van der Waals surface area (Å²) in [5, 5.41) is 6.83. The normalized spacial score (nSPS) is 10.3. The molecule has 0 bridgehead atoms. The van der Waals surface area contributed by atoms with Gasteiger partial charge in [0.25, 0.3) is 0 Å². The second-order valence-electron chi connectivity index (χ2n) is 4.04. The molecule has 0 saturated heterocycles. The topological polar surface area (TPSA) is 29.1 Å². The third-order valence-electron chi connectivity index (χ3n) is 2.60. The van der Waals surface area contributed by atoms with Gasteiger partial charge in [-0.05, 0) is 46.5 Å². The van der Waals surface area contributed by atoms with Crippen molar-refractivity contribution < 1.29 is 9.18 Å². The molecule has 0 radical (unpaired) electrons. The summed E-state index contributed by atoms with van der Waals surface area (Å²) in [5.41, 5.74) is 1.96. The number of carbonyl (C=O) groups excluding carboxylic acids is 1. The van der Waals surface area contributed by atoms with E-state index < -0.39 is 0 Å². The zero-order valence-electron chi connectivity index (χ0n) is 9.86. The molecular formula is C14H14FNOS. The molecule has 0 aliphatic heterocycles. The molecule has 0 saturated carbocycles. The molecule has 1 aromatic carbocycles. The molecule has 0 spiro atoms. The van der Waals surface area contributed by atoms with Gasteiger partial charge in [0.1, 0.15) is 5.82 Å². The fraction of sp³-hybridized carbons (Fsp3) is 0.214. The Balaban J connectivity index is 1.75. The Kier molecular flexibility index (Phi) is 4.47. The van der Waals surface area contributed by atoms with Gasteiger partial charge in [-0.15, -0.1) is 0 Å². The molecule has 94 valence electrons. The number of aryl methyl sites for hydroxylation is 1. The van der Waals surface area contributed by atoms with Crippen LogP contribution in [0.15, 0.2) is 41.1 Å². The van der Waals surface area contributed by atoms with Crippen LogP contribution in [0.25, 0.3) is 0 Å². The van der Waals surface area contributed by atoms with Crippen LogP contribution in [0.4, 0.5) is 4.39 Å². The van der Waals surface area contributed by atoms with Gasteiger partial charge in [-0.25, -0.2) is 4.39 Å². The highest BCUT2D eigenvalue weighted by atomic mass is 32.1. The minimum atomic E-state index is -0.278. The molecule has 0 aliphatic carbocycles. The maximum Gasteiger partial charge on any atom is 0.220 e. The molecule has 2 nitrogen and oxygen atoms in total. The highest BCUT2D eigenvalue weighted by molar-refractivity contribution is 7.07. The Labute approximate surface area is 109 Å². The average molecular weight is 263 g/mol. The molecule has 0 aliphatic rings. The summed E-state index contributed by atoms with van der Waals surface area (Å²) in [4.78, 5) is 11.6. The molecule has 0 unspecified atom stereocenters. The molecular weight excluding hydrogens is 249 g/mol. The lowest BCUT2D eigenvalue weighted by atomic mass is 10.2. The summed E-state index contributed by atoms with van der Waals surface area (Å²) in [6, 6.07) is 8.27. The van der Waals surface area contributed by atoms with Crippen molar-refractivity contribution in [1.29, 1.82) is 0 Å². The Morgan fingerprint density at radius 1 is 1.28 bits per heavy atom. The lowest BCUT2D eigenvalue weighted by molar-refractivity contribution is -0.121. The van der Waals surface area contributed by atoms with Crippen LogP contribution in [0.2, 0.25) is 0 Å². The number of amides is 1. The van der Waals surface area contributed by atoms with Gasteiger partial charge in [-0.2, -0.15) is 11.3 Å². The van der Waals surface area contributed by atoms with Crippen molar-refractivity contribution >= 4 is 17.2 Å². The number of hydrogen-bond acceptors (Lipinski definition) is 2. The molecule has 2 rings (SSSR count). The standard InChI is InChI=1S/C14H14FNOS/c15-13-3-1-2-12(8-13)9-16-14(17)5-4-11-6-7-18-10-11/h1-3,6-8,10H,4-5,9H2,(H,16,17). The number of nitrogens with one attached hydrogen (secondary N) is 1. The minimum Gasteiger partial charge on any atom is -0.352 e. The highest BCUT2D eigenvalue weighted by Gasteiger charge is 2.03. The number of carbonyl (C=O) groups is 1. The summed E-state index contributed by atoms with van der Waals surface area (Å²) < 4.78 is 12.9. The maximum absolute atomic E-state index is 12.9. The third-order valence-corrected chi connectivity index (χ3v) is 3.33. The van der Waals surface area contributed by atoms with Crippen LogP contribution in [0.3, 0.4) is 0 Å². The fourth-order valence-electron chi connectivity index (χ4n) is 1.63. The van der Waals surface area contributed by atoms with Gasteiger partial charge in [0.15, 0.2) is 0 Å². The van der Waals surface area contributed by atoms with Crippen LogP contribution < -0.4 is 5.32 Å². The first-order chi connectivity index (χ1) is 8.74. The van der Waals surface area contributed by atoms with Crippen LogP contribution >= 0.6 is 11.3 Å². The maximum atomic E-state index is 12.9. The van der Waals surface area contributed by atoms with Crippen LogP contribution in [-0.2, 0) is 17.8 Å². The molecule has 2 aromatic rings. The Hall–Kier alpha value is -1.68.